The van der Waals surface area contributed by atoms with E-state index in [-0.39, 0.29) is 121 Å². The molecule has 92 heavy (non-hydrogen) atoms. The molecule has 0 saturated heterocycles. The van der Waals surface area contributed by atoms with Gasteiger partial charge < -0.3 is 100 Å². The number of carboxylic acid groups (broad SMARTS) is 1. The molecule has 0 spiro atoms. The first kappa shape index (κ1) is 67.6. The number of carboxylic acids is 1. The summed E-state index contributed by atoms with van der Waals surface area (Å²) in [5.74, 6) is -7.26. The molecule has 7 heterocycles. The second-order valence-corrected chi connectivity index (χ2v) is 21.8. The third kappa shape index (κ3) is 18.4. The maximum Gasteiger partial charge on any atom is 0.408 e. The van der Waals surface area contributed by atoms with E-state index in [1.165, 1.54) is 104 Å². The smallest absolute Gasteiger partial charge is 0.408 e. The number of aryl methyl sites for hydroxylation is 7. The van der Waals surface area contributed by atoms with Crippen molar-refractivity contribution >= 4 is 106 Å². The number of anilines is 6. The number of alkyl carbamates (subject to hydrolysis) is 1. The number of ether oxygens (including phenoxy) is 1. The van der Waals surface area contributed by atoms with E-state index < -0.39 is 82.8 Å². The molecule has 0 aliphatic carbocycles. The minimum absolute atomic E-state index is 0.0400. The summed E-state index contributed by atoms with van der Waals surface area (Å²) in [5, 5.41) is 37.5. The van der Waals surface area contributed by atoms with E-state index in [2.05, 4.69) is 78.4 Å². The van der Waals surface area contributed by atoms with Gasteiger partial charge >= 0.3 is 12.1 Å². The zero-order chi connectivity index (χ0) is 67.3. The monoisotopic (exact) mass is 1270 g/mol. The van der Waals surface area contributed by atoms with E-state index in [4.69, 9.17) is 9.84 Å². The van der Waals surface area contributed by atoms with Gasteiger partial charge in [-0.1, -0.05) is 0 Å². The van der Waals surface area contributed by atoms with Gasteiger partial charge in [0.25, 0.3) is 41.4 Å². The molecule has 0 aliphatic heterocycles. The second kappa shape index (κ2) is 29.4. The van der Waals surface area contributed by atoms with Crippen LogP contribution in [0.2, 0.25) is 0 Å². The van der Waals surface area contributed by atoms with Crippen LogP contribution < -0.4 is 58.5 Å². The molecule has 36 heteroatoms. The van der Waals surface area contributed by atoms with Crippen LogP contribution in [0.3, 0.4) is 0 Å². The summed E-state index contributed by atoms with van der Waals surface area (Å²) >= 11 is 0. The van der Waals surface area contributed by atoms with Crippen molar-refractivity contribution in [2.75, 3.05) is 58.1 Å². The van der Waals surface area contributed by atoms with Gasteiger partial charge in [-0.15, -0.1) is 0 Å². The summed E-state index contributed by atoms with van der Waals surface area (Å²) < 4.78 is 15.4. The van der Waals surface area contributed by atoms with Crippen molar-refractivity contribution in [1.82, 2.24) is 78.5 Å². The van der Waals surface area contributed by atoms with Crippen LogP contribution in [0.15, 0.2) is 67.8 Å². The molecule has 0 radical (unpaired) electrons. The Morgan fingerprint density at radius 2 is 0.870 bits per heavy atom. The quantitative estimate of drug-likeness (QED) is 0.0338. The van der Waals surface area contributed by atoms with Gasteiger partial charge in [-0.3, -0.25) is 52.7 Å². The average molecular weight is 1280 g/mol. The lowest BCUT2D eigenvalue weighted by molar-refractivity contribution is -0.136. The predicted octanol–water partition coefficient (Wildman–Crippen LogP) is 0.767. The number of nitrogens with one attached hydrogen (secondary N) is 11. The van der Waals surface area contributed by atoms with Crippen LogP contribution >= 0.6 is 0 Å². The van der Waals surface area contributed by atoms with E-state index >= 15 is 0 Å². The summed E-state index contributed by atoms with van der Waals surface area (Å²) in [7, 11) is 11.0. The molecule has 7 aromatic heterocycles. The molecule has 1 atom stereocenters. The van der Waals surface area contributed by atoms with Crippen LogP contribution in [0.25, 0.3) is 0 Å². The first-order chi connectivity index (χ1) is 43.4. The molecule has 7 rings (SSSR count). The first-order valence-corrected chi connectivity index (χ1v) is 28.2. The van der Waals surface area contributed by atoms with Crippen molar-refractivity contribution in [2.24, 2.45) is 49.3 Å². The number of hydrogen-bond acceptors (Lipinski definition) is 17. The summed E-state index contributed by atoms with van der Waals surface area (Å²) in [6.07, 6.45) is 10.0. The van der Waals surface area contributed by atoms with Crippen LogP contribution in [0.5, 0.6) is 0 Å². The number of rotatable bonds is 27. The Kier molecular flexibility index (Phi) is 21.6. The van der Waals surface area contributed by atoms with Gasteiger partial charge in [0, 0.05) is 138 Å². The fourth-order valence-corrected chi connectivity index (χ4v) is 8.82. The van der Waals surface area contributed by atoms with Gasteiger partial charge in [0.15, 0.2) is 23.3 Å². The largest absolute Gasteiger partial charge is 0.481 e. The molecule has 7 aromatic rings. The van der Waals surface area contributed by atoms with E-state index in [1.807, 2.05) is 0 Å². The third-order valence-electron chi connectivity index (χ3n) is 13.2. The fourth-order valence-electron chi connectivity index (χ4n) is 8.82. The Labute approximate surface area is 523 Å². The molecule has 0 bridgehead atoms. The van der Waals surface area contributed by atoms with Gasteiger partial charge in [-0.05, 0) is 45.4 Å². The van der Waals surface area contributed by atoms with E-state index in [9.17, 15) is 57.5 Å². The van der Waals surface area contributed by atoms with E-state index in [0.717, 1.165) is 0 Å². The van der Waals surface area contributed by atoms with E-state index in [0.29, 0.717) is 5.69 Å². The van der Waals surface area contributed by atoms with Crippen LogP contribution in [0.1, 0.15) is 120 Å². The topological polar surface area (TPSA) is 453 Å². The second-order valence-electron chi connectivity index (χ2n) is 21.8. The molecule has 11 amide bonds. The zero-order valence-corrected chi connectivity index (χ0v) is 51.8. The van der Waals surface area contributed by atoms with Crippen molar-refractivity contribution in [3.63, 3.8) is 0 Å². The standard InChI is InChI=1S/C56H70N22O14/c1-56(2,3)92-55(91)65-33(47(83)70-38-28-76(8)44(68-38)51(87)60-17-12-40(79)62-30-21-36(75(7)24-30)50(86)71-39-29-77(9)45(69-39)52(88)61-18-14-42(81)82)11-15-58-48(84)34-23-32(26-74(34)6)64-54(90)46-67-37(27-78(46)10)66-41(80)13-16-59-49(85)35-22-31(25-73(35)5)63-53(89)43-57-19-20-72(43)4/h19-29,33H,11-18H2,1-10H3,(H,58,84)(H,59,85)(H,60,87)(H,61,88)(H,62,79)(H,63,89)(H,64,90)(H,65,91)(H,66,80)(H,70,83)(H,71,86)(H,81,82)/t33-/m1/s1. The van der Waals surface area contributed by atoms with Crippen molar-refractivity contribution < 1.29 is 67.4 Å². The van der Waals surface area contributed by atoms with Crippen LogP contribution in [0, 0.1) is 0 Å². The predicted molar refractivity (Wildman–Crippen MR) is 327 cm³/mol. The van der Waals surface area contributed by atoms with Crippen molar-refractivity contribution in [3.05, 3.63) is 108 Å². The van der Waals surface area contributed by atoms with E-state index in [1.54, 1.807) is 65.9 Å². The van der Waals surface area contributed by atoms with Gasteiger partial charge in [-0.2, -0.15) is 0 Å². The van der Waals surface area contributed by atoms with Crippen LogP contribution in [-0.4, -0.2) is 166 Å². The lowest BCUT2D eigenvalue weighted by Crippen LogP contribution is -2.47. The van der Waals surface area contributed by atoms with Crippen molar-refractivity contribution in [1.29, 1.82) is 0 Å². The molecular weight excluding hydrogens is 1200 g/mol. The minimum atomic E-state index is -1.32. The number of carbonyl (C=O) groups is 12. The highest BCUT2D eigenvalue weighted by Gasteiger charge is 2.28. The number of aliphatic carboxylic acids is 1. The zero-order valence-electron chi connectivity index (χ0n) is 51.8. The Bertz CT molecular complexity index is 3990. The number of amides is 11. The highest BCUT2D eigenvalue weighted by atomic mass is 16.6. The van der Waals surface area contributed by atoms with Gasteiger partial charge in [0.05, 0.1) is 23.5 Å². The molecule has 488 valence electrons. The number of aromatic nitrogens is 11. The summed E-state index contributed by atoms with van der Waals surface area (Å²) in [6, 6.07) is 2.95. The fraction of sp³-hybridized carbons (Fsp3) is 0.357. The maximum absolute atomic E-state index is 13.8. The lowest BCUT2D eigenvalue weighted by atomic mass is 10.2. The highest BCUT2D eigenvalue weighted by Crippen LogP contribution is 2.20. The summed E-state index contributed by atoms with van der Waals surface area (Å²) in [5.41, 5.74) is 0.314. The number of imidazole rings is 4. The first-order valence-electron chi connectivity index (χ1n) is 28.2. The average Bonchev–Trinajstić information content (AvgIpc) is 2.14. The Morgan fingerprint density at radius 1 is 0.457 bits per heavy atom. The molecule has 0 saturated carbocycles. The maximum atomic E-state index is 13.8. The molecule has 0 aliphatic rings. The molecular formula is C56H70N22O14. The molecule has 36 nitrogen and oxygen atoms in total. The number of carbonyl (C=O) groups excluding carboxylic acids is 11. The molecule has 0 fully saturated rings. The Balaban J connectivity index is 0.854. The lowest BCUT2D eigenvalue weighted by Gasteiger charge is -2.23. The van der Waals surface area contributed by atoms with Crippen molar-refractivity contribution in [2.45, 2.75) is 58.1 Å². The SMILES string of the molecule is Cn1cc(NC(=O)c2nccn2C)cc1C(=O)NCCC(=O)Nc1cn(C)c(C(=O)Nc2cc(C(=O)NCC[C@@H](NC(=O)OC(C)(C)C)C(=O)Nc3cn(C)c(C(=O)NCCC(=O)Nc4cc(C(=O)Nc5cn(C)c(C(=O)NCCC(=O)O)n5)n(C)c4)n3)n(C)c2)n1. The van der Waals surface area contributed by atoms with Gasteiger partial charge in [0.1, 0.15) is 28.7 Å². The van der Waals surface area contributed by atoms with Gasteiger partial charge in [-0.25, -0.2) is 24.7 Å². The summed E-state index contributed by atoms with van der Waals surface area (Å²) in [6.45, 7) is 4.37. The Morgan fingerprint density at radius 3 is 1.35 bits per heavy atom. The molecule has 0 unspecified atom stereocenters. The number of nitrogens with zero attached hydrogens (tertiary/aromatic N) is 11. The van der Waals surface area contributed by atoms with Gasteiger partial charge in [0.2, 0.25) is 35.2 Å². The summed E-state index contributed by atoms with van der Waals surface area (Å²) in [4.78, 5) is 171. The normalized spacial score (nSPS) is 11.4. The highest BCUT2D eigenvalue weighted by molar-refractivity contribution is 6.06. The molecule has 0 aromatic carbocycles. The van der Waals surface area contributed by atoms with Crippen LogP contribution in [-0.2, 0) is 73.2 Å². The molecule has 12 N–H and O–H groups in total. The Hall–Kier alpha value is -11.9. The van der Waals surface area contributed by atoms with Crippen molar-refractivity contribution in [3.8, 4) is 0 Å². The van der Waals surface area contributed by atoms with Crippen LogP contribution in [0.4, 0.5) is 39.3 Å². The minimum Gasteiger partial charge on any atom is -0.481 e. The number of hydrogen-bond donors (Lipinski definition) is 12. The third-order valence-corrected chi connectivity index (χ3v) is 13.2.